The average Bonchev–Trinajstić information content (AvgIpc) is 3.39. The normalized spacial score (nSPS) is 26.4. The Hall–Kier alpha value is -2.96. The zero-order valence-electron chi connectivity index (χ0n) is 17.2. The molecule has 1 saturated carbocycles. The summed E-state index contributed by atoms with van der Waals surface area (Å²) < 4.78 is 5.18. The molecule has 3 amide bonds. The molecule has 0 spiro atoms. The first-order valence-electron chi connectivity index (χ1n) is 10.5. The van der Waals surface area contributed by atoms with Crippen LogP contribution >= 0.6 is 0 Å². The van der Waals surface area contributed by atoms with Crippen LogP contribution in [0.4, 0.5) is 5.69 Å². The van der Waals surface area contributed by atoms with Crippen LogP contribution < -0.4 is 5.32 Å². The Morgan fingerprint density at radius 3 is 2.23 bits per heavy atom. The van der Waals surface area contributed by atoms with E-state index < -0.39 is 5.97 Å². The molecular formula is C23H26N2O5. The number of likely N-dealkylation sites (tertiary alicyclic amines) is 1. The summed E-state index contributed by atoms with van der Waals surface area (Å²) in [6.45, 7) is 4.37. The first kappa shape index (κ1) is 20.3. The Morgan fingerprint density at radius 2 is 1.67 bits per heavy atom. The first-order valence-corrected chi connectivity index (χ1v) is 10.5. The van der Waals surface area contributed by atoms with Crippen molar-refractivity contribution in [2.45, 2.75) is 26.7 Å². The third kappa shape index (κ3) is 3.76. The Morgan fingerprint density at radius 1 is 1.07 bits per heavy atom. The number of nitrogens with one attached hydrogen (secondary N) is 1. The lowest BCUT2D eigenvalue weighted by Crippen LogP contribution is -2.35. The zero-order chi connectivity index (χ0) is 21.4. The van der Waals surface area contributed by atoms with Gasteiger partial charge in [0.25, 0.3) is 0 Å². The lowest BCUT2D eigenvalue weighted by molar-refractivity contribution is -0.140. The number of fused-ring (bicyclic) bond motifs is 5. The number of rotatable bonds is 7. The molecule has 3 aliphatic rings. The number of amides is 3. The van der Waals surface area contributed by atoms with Gasteiger partial charge in [0.2, 0.25) is 17.7 Å². The van der Waals surface area contributed by atoms with Crippen LogP contribution in [0.25, 0.3) is 0 Å². The van der Waals surface area contributed by atoms with E-state index in [1.54, 1.807) is 24.3 Å². The minimum absolute atomic E-state index is 0.0395. The lowest BCUT2D eigenvalue weighted by atomic mass is 9.85. The van der Waals surface area contributed by atoms with Gasteiger partial charge in [0, 0.05) is 18.7 Å². The van der Waals surface area contributed by atoms with Gasteiger partial charge in [0.1, 0.15) is 0 Å². The molecule has 2 bridgehead atoms. The van der Waals surface area contributed by atoms with Crippen LogP contribution in [-0.2, 0) is 19.1 Å². The van der Waals surface area contributed by atoms with Crippen LogP contribution in [0.3, 0.4) is 0 Å². The highest BCUT2D eigenvalue weighted by Gasteiger charge is 2.59. The molecule has 1 aromatic rings. The predicted molar refractivity (Wildman–Crippen MR) is 109 cm³/mol. The molecule has 1 heterocycles. The van der Waals surface area contributed by atoms with E-state index in [4.69, 9.17) is 4.74 Å². The summed E-state index contributed by atoms with van der Waals surface area (Å²) >= 11 is 0. The SMILES string of the molecule is CC(C)COC(=O)c1ccc(NC(=O)CCN2C(=O)[C@@H]3[C@H](C2=O)[C@H]2C=C[C@H]3C2)cc1. The number of carbonyl (C=O) groups is 4. The van der Waals surface area contributed by atoms with Gasteiger partial charge < -0.3 is 10.1 Å². The summed E-state index contributed by atoms with van der Waals surface area (Å²) in [4.78, 5) is 50.8. The third-order valence-electron chi connectivity index (χ3n) is 6.08. The van der Waals surface area contributed by atoms with Gasteiger partial charge in [-0.2, -0.15) is 0 Å². The minimum Gasteiger partial charge on any atom is -0.462 e. The van der Waals surface area contributed by atoms with E-state index in [1.165, 1.54) is 4.90 Å². The van der Waals surface area contributed by atoms with Crippen molar-refractivity contribution in [3.63, 3.8) is 0 Å². The standard InChI is InChI=1S/C23H26N2O5/c1-13(2)12-30-23(29)14-5-7-17(8-6-14)24-18(26)9-10-25-21(27)19-15-3-4-16(11-15)20(19)22(25)28/h3-8,13,15-16,19-20H,9-12H2,1-2H3,(H,24,26)/t15-,16-,19-,20+/m0/s1. The Kier molecular flexibility index (Phi) is 5.45. The van der Waals surface area contributed by atoms with Gasteiger partial charge in [0.05, 0.1) is 24.0 Å². The summed E-state index contributed by atoms with van der Waals surface area (Å²) in [6.07, 6.45) is 5.03. The molecule has 0 unspecified atom stereocenters. The molecular weight excluding hydrogens is 384 g/mol. The number of nitrogens with zero attached hydrogens (tertiary/aromatic N) is 1. The van der Waals surface area contributed by atoms with Gasteiger partial charge in [-0.15, -0.1) is 0 Å². The highest BCUT2D eigenvalue weighted by molar-refractivity contribution is 6.06. The molecule has 2 aliphatic carbocycles. The summed E-state index contributed by atoms with van der Waals surface area (Å²) in [5.41, 5.74) is 0.954. The molecule has 2 fully saturated rings. The van der Waals surface area contributed by atoms with E-state index in [0.717, 1.165) is 6.42 Å². The van der Waals surface area contributed by atoms with Gasteiger partial charge in [-0.3, -0.25) is 19.3 Å². The Labute approximate surface area is 175 Å². The van der Waals surface area contributed by atoms with Crippen molar-refractivity contribution in [1.29, 1.82) is 0 Å². The number of hydrogen-bond donors (Lipinski definition) is 1. The number of allylic oxidation sites excluding steroid dienone is 2. The minimum atomic E-state index is -0.401. The molecule has 1 aliphatic heterocycles. The van der Waals surface area contributed by atoms with E-state index in [9.17, 15) is 19.2 Å². The van der Waals surface area contributed by atoms with Gasteiger partial charge >= 0.3 is 5.97 Å². The van der Waals surface area contributed by atoms with Crippen molar-refractivity contribution in [2.75, 3.05) is 18.5 Å². The molecule has 4 rings (SSSR count). The molecule has 7 heteroatoms. The Bertz CT molecular complexity index is 875. The molecule has 0 aromatic heterocycles. The smallest absolute Gasteiger partial charge is 0.338 e. The quantitative estimate of drug-likeness (QED) is 0.424. The largest absolute Gasteiger partial charge is 0.462 e. The second-order valence-corrected chi connectivity index (χ2v) is 8.70. The van der Waals surface area contributed by atoms with Gasteiger partial charge in [-0.05, 0) is 48.4 Å². The van der Waals surface area contributed by atoms with Crippen molar-refractivity contribution >= 4 is 29.4 Å². The van der Waals surface area contributed by atoms with Crippen molar-refractivity contribution in [3.8, 4) is 0 Å². The van der Waals surface area contributed by atoms with Crippen molar-refractivity contribution < 1.29 is 23.9 Å². The van der Waals surface area contributed by atoms with Crippen LogP contribution in [0.2, 0.25) is 0 Å². The van der Waals surface area contributed by atoms with Gasteiger partial charge in [-0.1, -0.05) is 26.0 Å². The summed E-state index contributed by atoms with van der Waals surface area (Å²) in [6, 6.07) is 6.44. The molecule has 1 N–H and O–H groups in total. The highest BCUT2D eigenvalue weighted by atomic mass is 16.5. The fraction of sp³-hybridized carbons (Fsp3) is 0.478. The van der Waals surface area contributed by atoms with Crippen molar-refractivity contribution in [2.24, 2.45) is 29.6 Å². The molecule has 0 radical (unpaired) electrons. The number of hydrogen-bond acceptors (Lipinski definition) is 5. The van der Waals surface area contributed by atoms with Crippen molar-refractivity contribution in [1.82, 2.24) is 4.90 Å². The van der Waals surface area contributed by atoms with E-state index in [1.807, 2.05) is 13.8 Å². The van der Waals surface area contributed by atoms with E-state index >= 15 is 0 Å². The first-order chi connectivity index (χ1) is 14.3. The van der Waals surface area contributed by atoms with Gasteiger partial charge in [0.15, 0.2) is 0 Å². The molecule has 1 aromatic carbocycles. The van der Waals surface area contributed by atoms with Crippen LogP contribution in [0.1, 0.15) is 37.0 Å². The predicted octanol–water partition coefficient (Wildman–Crippen LogP) is 2.64. The number of ether oxygens (including phenoxy) is 1. The number of carbonyl (C=O) groups excluding carboxylic acids is 4. The molecule has 4 atom stereocenters. The molecule has 30 heavy (non-hydrogen) atoms. The van der Waals surface area contributed by atoms with E-state index in [2.05, 4.69) is 17.5 Å². The highest BCUT2D eigenvalue weighted by Crippen LogP contribution is 2.52. The monoisotopic (exact) mass is 410 g/mol. The maximum absolute atomic E-state index is 12.7. The Balaban J connectivity index is 1.28. The summed E-state index contributed by atoms with van der Waals surface area (Å²) in [5, 5.41) is 2.74. The fourth-order valence-corrected chi connectivity index (χ4v) is 4.64. The molecule has 7 nitrogen and oxygen atoms in total. The van der Waals surface area contributed by atoms with Crippen LogP contribution in [0.15, 0.2) is 36.4 Å². The molecule has 158 valence electrons. The number of imide groups is 1. The lowest BCUT2D eigenvalue weighted by Gasteiger charge is -2.17. The number of esters is 1. The second-order valence-electron chi connectivity index (χ2n) is 8.70. The van der Waals surface area contributed by atoms with Crippen LogP contribution in [-0.4, -0.2) is 41.7 Å². The summed E-state index contributed by atoms with van der Waals surface area (Å²) in [5.74, 6) is -0.851. The third-order valence-corrected chi connectivity index (χ3v) is 6.08. The topological polar surface area (TPSA) is 92.8 Å². The van der Waals surface area contributed by atoms with E-state index in [0.29, 0.717) is 17.9 Å². The van der Waals surface area contributed by atoms with Crippen LogP contribution in [0.5, 0.6) is 0 Å². The summed E-state index contributed by atoms with van der Waals surface area (Å²) in [7, 11) is 0. The van der Waals surface area contributed by atoms with Gasteiger partial charge in [-0.25, -0.2) is 4.79 Å². The number of anilines is 1. The average molecular weight is 410 g/mol. The second kappa shape index (κ2) is 8.05. The maximum Gasteiger partial charge on any atom is 0.338 e. The maximum atomic E-state index is 12.7. The van der Waals surface area contributed by atoms with Crippen LogP contribution in [0, 0.1) is 29.6 Å². The van der Waals surface area contributed by atoms with Crippen molar-refractivity contribution in [3.05, 3.63) is 42.0 Å². The zero-order valence-corrected chi connectivity index (χ0v) is 17.2. The fourth-order valence-electron chi connectivity index (χ4n) is 4.64. The van der Waals surface area contributed by atoms with E-state index in [-0.39, 0.29) is 60.3 Å². The number of benzene rings is 1. The molecule has 1 saturated heterocycles.